The Morgan fingerprint density at radius 1 is 1.15 bits per heavy atom. The zero-order valence-corrected chi connectivity index (χ0v) is 15.7. The van der Waals surface area contributed by atoms with Crippen molar-refractivity contribution in [2.75, 3.05) is 18.4 Å². The molecule has 26 heavy (non-hydrogen) atoms. The average molecular weight is 372 g/mol. The van der Waals surface area contributed by atoms with Crippen molar-refractivity contribution in [2.24, 2.45) is 5.92 Å². The Morgan fingerprint density at radius 3 is 2.65 bits per heavy atom. The van der Waals surface area contributed by atoms with Crippen molar-refractivity contribution < 1.29 is 13.2 Å². The van der Waals surface area contributed by atoms with Gasteiger partial charge in [-0.1, -0.05) is 37.3 Å². The van der Waals surface area contributed by atoms with E-state index in [1.807, 2.05) is 24.3 Å². The van der Waals surface area contributed by atoms with Gasteiger partial charge in [0.15, 0.2) is 0 Å². The van der Waals surface area contributed by atoms with Crippen LogP contribution in [0.25, 0.3) is 0 Å². The molecule has 3 rings (SSSR count). The van der Waals surface area contributed by atoms with Gasteiger partial charge >= 0.3 is 0 Å². The minimum atomic E-state index is -3.56. The van der Waals surface area contributed by atoms with Crippen LogP contribution in [0.2, 0.25) is 0 Å². The van der Waals surface area contributed by atoms with E-state index in [2.05, 4.69) is 12.2 Å². The Hall–Kier alpha value is -2.18. The van der Waals surface area contributed by atoms with Gasteiger partial charge in [-0.05, 0) is 49.1 Å². The molecule has 0 aromatic heterocycles. The number of aryl methyl sites for hydroxylation is 1. The van der Waals surface area contributed by atoms with Crippen LogP contribution in [0.5, 0.6) is 0 Å². The molecule has 1 atom stereocenters. The van der Waals surface area contributed by atoms with Gasteiger partial charge in [0.25, 0.3) is 0 Å². The number of hydrogen-bond donors (Lipinski definition) is 1. The maximum absolute atomic E-state index is 12.8. The number of anilines is 1. The number of rotatable bonds is 5. The van der Waals surface area contributed by atoms with Gasteiger partial charge < -0.3 is 5.32 Å². The Morgan fingerprint density at radius 2 is 1.92 bits per heavy atom. The van der Waals surface area contributed by atoms with Gasteiger partial charge in [0.2, 0.25) is 15.9 Å². The predicted octanol–water partition coefficient (Wildman–Crippen LogP) is 3.29. The largest absolute Gasteiger partial charge is 0.326 e. The number of sulfonamides is 1. The van der Waals surface area contributed by atoms with Crippen LogP contribution in [0, 0.1) is 5.92 Å². The lowest BCUT2D eigenvalue weighted by atomic mass is 9.98. The molecule has 1 heterocycles. The van der Waals surface area contributed by atoms with Crippen LogP contribution in [0.4, 0.5) is 5.69 Å². The third kappa shape index (κ3) is 4.14. The number of carbonyl (C=O) groups excluding carboxylic acids is 1. The molecule has 0 radical (unpaired) electrons. The Labute approximate surface area is 155 Å². The molecule has 1 N–H and O–H groups in total. The molecular formula is C20H24N2O3S. The van der Waals surface area contributed by atoms with E-state index >= 15 is 0 Å². The summed E-state index contributed by atoms with van der Waals surface area (Å²) in [4.78, 5) is 12.9. The molecule has 0 aliphatic carbocycles. The molecule has 0 spiro atoms. The van der Waals surface area contributed by atoms with E-state index < -0.39 is 10.0 Å². The SMILES string of the molecule is CCc1cccc(NC(=O)C2CCCN(S(=O)(=O)c3ccccc3)C2)c1. The van der Waals surface area contributed by atoms with Crippen LogP contribution in [-0.4, -0.2) is 31.7 Å². The molecular weight excluding hydrogens is 348 g/mol. The molecule has 1 unspecified atom stereocenters. The minimum Gasteiger partial charge on any atom is -0.326 e. The van der Waals surface area contributed by atoms with Crippen molar-refractivity contribution in [1.29, 1.82) is 0 Å². The van der Waals surface area contributed by atoms with Crippen molar-refractivity contribution in [1.82, 2.24) is 4.31 Å². The second-order valence-corrected chi connectivity index (χ2v) is 8.50. The molecule has 6 heteroatoms. The number of hydrogen-bond acceptors (Lipinski definition) is 3. The van der Waals surface area contributed by atoms with Gasteiger partial charge in [0.1, 0.15) is 0 Å². The summed E-state index contributed by atoms with van der Waals surface area (Å²) in [5.74, 6) is -0.460. The minimum absolute atomic E-state index is 0.119. The maximum Gasteiger partial charge on any atom is 0.243 e. The highest BCUT2D eigenvalue weighted by molar-refractivity contribution is 7.89. The summed E-state index contributed by atoms with van der Waals surface area (Å²) >= 11 is 0. The molecule has 1 aliphatic rings. The first-order chi connectivity index (χ1) is 12.5. The van der Waals surface area contributed by atoms with Crippen LogP contribution in [0.1, 0.15) is 25.3 Å². The molecule has 1 saturated heterocycles. The number of amides is 1. The van der Waals surface area contributed by atoms with Crippen LogP contribution in [0.15, 0.2) is 59.5 Å². The Kier molecular flexibility index (Phi) is 5.74. The van der Waals surface area contributed by atoms with E-state index in [4.69, 9.17) is 0 Å². The topological polar surface area (TPSA) is 66.5 Å². The van der Waals surface area contributed by atoms with Crippen LogP contribution < -0.4 is 5.32 Å². The van der Waals surface area contributed by atoms with Gasteiger partial charge in [-0.25, -0.2) is 8.42 Å². The molecule has 0 saturated carbocycles. The highest BCUT2D eigenvalue weighted by Gasteiger charge is 2.33. The summed E-state index contributed by atoms with van der Waals surface area (Å²) in [6.07, 6.45) is 2.27. The Balaban J connectivity index is 1.71. The number of carbonyl (C=O) groups is 1. The lowest BCUT2D eigenvalue weighted by molar-refractivity contribution is -0.120. The van der Waals surface area contributed by atoms with E-state index in [1.165, 1.54) is 4.31 Å². The van der Waals surface area contributed by atoms with Crippen LogP contribution in [-0.2, 0) is 21.2 Å². The second-order valence-electron chi connectivity index (χ2n) is 6.56. The van der Waals surface area contributed by atoms with Crippen molar-refractivity contribution >= 4 is 21.6 Å². The quantitative estimate of drug-likeness (QED) is 0.876. The average Bonchev–Trinajstić information content (AvgIpc) is 2.69. The van der Waals surface area contributed by atoms with E-state index in [1.54, 1.807) is 30.3 Å². The van der Waals surface area contributed by atoms with Gasteiger partial charge in [0.05, 0.1) is 10.8 Å². The van der Waals surface area contributed by atoms with Crippen molar-refractivity contribution in [3.63, 3.8) is 0 Å². The van der Waals surface area contributed by atoms with Gasteiger partial charge in [-0.15, -0.1) is 0 Å². The molecule has 1 fully saturated rings. The smallest absolute Gasteiger partial charge is 0.243 e. The monoisotopic (exact) mass is 372 g/mol. The van der Waals surface area contributed by atoms with Gasteiger partial charge in [-0.3, -0.25) is 4.79 Å². The first-order valence-electron chi connectivity index (χ1n) is 8.95. The standard InChI is InChI=1S/C20H24N2O3S/c1-2-16-8-6-10-18(14-16)21-20(23)17-9-7-13-22(15-17)26(24,25)19-11-4-3-5-12-19/h3-6,8,10-12,14,17H,2,7,9,13,15H2,1H3,(H,21,23). The van der Waals surface area contributed by atoms with E-state index in [-0.39, 0.29) is 23.3 Å². The fourth-order valence-electron chi connectivity index (χ4n) is 3.23. The lowest BCUT2D eigenvalue weighted by Crippen LogP contribution is -2.43. The zero-order valence-electron chi connectivity index (χ0n) is 14.9. The highest BCUT2D eigenvalue weighted by Crippen LogP contribution is 2.25. The summed E-state index contributed by atoms with van der Waals surface area (Å²) in [5.41, 5.74) is 1.91. The van der Waals surface area contributed by atoms with Crippen molar-refractivity contribution in [2.45, 2.75) is 31.1 Å². The van der Waals surface area contributed by atoms with Gasteiger partial charge in [-0.2, -0.15) is 4.31 Å². The first-order valence-corrected chi connectivity index (χ1v) is 10.4. The maximum atomic E-state index is 12.8. The fourth-order valence-corrected chi connectivity index (χ4v) is 4.77. The summed E-state index contributed by atoms with van der Waals surface area (Å²) in [5, 5.41) is 2.94. The number of nitrogens with zero attached hydrogens (tertiary/aromatic N) is 1. The van der Waals surface area contributed by atoms with Crippen molar-refractivity contribution in [3.05, 3.63) is 60.2 Å². The lowest BCUT2D eigenvalue weighted by Gasteiger charge is -2.31. The summed E-state index contributed by atoms with van der Waals surface area (Å²) < 4.78 is 27.0. The van der Waals surface area contributed by atoms with Crippen molar-refractivity contribution in [3.8, 4) is 0 Å². The summed E-state index contributed by atoms with van der Waals surface area (Å²) in [6, 6.07) is 16.1. The third-order valence-electron chi connectivity index (χ3n) is 4.74. The molecule has 1 aliphatic heterocycles. The normalized spacial score (nSPS) is 18.4. The number of piperidine rings is 1. The first kappa shape index (κ1) is 18.6. The fraction of sp³-hybridized carbons (Fsp3) is 0.350. The number of benzene rings is 2. The summed E-state index contributed by atoms with van der Waals surface area (Å²) in [6.45, 7) is 2.73. The summed E-state index contributed by atoms with van der Waals surface area (Å²) in [7, 11) is -3.56. The molecule has 138 valence electrons. The number of nitrogens with one attached hydrogen (secondary N) is 1. The molecule has 5 nitrogen and oxygen atoms in total. The van der Waals surface area contributed by atoms with Crippen LogP contribution >= 0.6 is 0 Å². The molecule has 0 bridgehead atoms. The second kappa shape index (κ2) is 8.01. The molecule has 2 aromatic rings. The third-order valence-corrected chi connectivity index (χ3v) is 6.62. The van der Waals surface area contributed by atoms with E-state index in [9.17, 15) is 13.2 Å². The zero-order chi connectivity index (χ0) is 18.6. The van der Waals surface area contributed by atoms with Gasteiger partial charge in [0, 0.05) is 18.8 Å². The van der Waals surface area contributed by atoms with E-state index in [0.717, 1.165) is 17.7 Å². The van der Waals surface area contributed by atoms with Crippen LogP contribution in [0.3, 0.4) is 0 Å². The Bertz CT molecular complexity index is 866. The molecule has 1 amide bonds. The van der Waals surface area contributed by atoms with E-state index in [0.29, 0.717) is 19.4 Å². The highest BCUT2D eigenvalue weighted by atomic mass is 32.2. The predicted molar refractivity (Wildman–Crippen MR) is 102 cm³/mol. The molecule has 2 aromatic carbocycles.